The molecule has 0 fully saturated rings. The zero-order valence-corrected chi connectivity index (χ0v) is 14.0. The second-order valence-electron chi connectivity index (χ2n) is 5.76. The van der Waals surface area contributed by atoms with Crippen LogP contribution in [0.2, 0.25) is 0 Å². The molecule has 1 aromatic heterocycles. The lowest BCUT2D eigenvalue weighted by Crippen LogP contribution is -2.02. The first-order valence-electron chi connectivity index (χ1n) is 8.35. The van der Waals surface area contributed by atoms with Crippen LogP contribution in [0, 0.1) is 5.82 Å². The topological polar surface area (TPSA) is 42.3 Å². The Morgan fingerprint density at radius 1 is 1.04 bits per heavy atom. The molecule has 0 unspecified atom stereocenters. The first kappa shape index (κ1) is 18.0. The van der Waals surface area contributed by atoms with Gasteiger partial charge in [-0.05, 0) is 37.5 Å². The quantitative estimate of drug-likeness (QED) is 0.375. The molecule has 1 heterocycles. The predicted molar refractivity (Wildman–Crippen MR) is 95.1 cm³/mol. The molecular weight excluding hydrogens is 303 g/mol. The summed E-state index contributed by atoms with van der Waals surface area (Å²) >= 11 is 0. The number of carbonyl (C=O) groups excluding carboxylic acids is 1. The Labute approximate surface area is 142 Å². The van der Waals surface area contributed by atoms with E-state index in [9.17, 15) is 9.18 Å². The molecule has 2 aromatic rings. The number of hydrogen-bond donors (Lipinski definition) is 0. The van der Waals surface area contributed by atoms with E-state index in [-0.39, 0.29) is 11.6 Å². The molecule has 3 nitrogen and oxygen atoms in total. The second kappa shape index (κ2) is 9.71. The highest BCUT2D eigenvalue weighted by atomic mass is 19.1. The number of halogens is 1. The van der Waals surface area contributed by atoms with Gasteiger partial charge < -0.3 is 0 Å². The van der Waals surface area contributed by atoms with Crippen LogP contribution in [0.3, 0.4) is 0 Å². The van der Waals surface area contributed by atoms with Gasteiger partial charge in [-0.25, -0.2) is 4.39 Å². The smallest absolute Gasteiger partial charge is 0.162 e. The average Bonchev–Trinajstić information content (AvgIpc) is 2.61. The Balaban J connectivity index is 1.65. The van der Waals surface area contributed by atoms with Crippen molar-refractivity contribution in [3.63, 3.8) is 0 Å². The Morgan fingerprint density at radius 3 is 2.46 bits per heavy atom. The molecule has 0 radical (unpaired) electrons. The first-order chi connectivity index (χ1) is 11.7. The van der Waals surface area contributed by atoms with E-state index in [1.807, 2.05) is 18.3 Å². The molecule has 0 atom stereocenters. The Kier molecular flexibility index (Phi) is 7.27. The van der Waals surface area contributed by atoms with Gasteiger partial charge in [0.1, 0.15) is 5.82 Å². The SMILES string of the molecule is CN=C(CCCCCCC(=O)c1cccc(F)c1)c1cccnc1. The molecule has 1 aromatic carbocycles. The number of ketones is 1. The number of aromatic nitrogens is 1. The van der Waals surface area contributed by atoms with E-state index in [0.717, 1.165) is 43.4 Å². The average molecular weight is 326 g/mol. The number of rotatable bonds is 9. The molecule has 2 rings (SSSR count). The lowest BCUT2D eigenvalue weighted by Gasteiger charge is -2.06. The van der Waals surface area contributed by atoms with Gasteiger partial charge in [-0.3, -0.25) is 14.8 Å². The van der Waals surface area contributed by atoms with Gasteiger partial charge in [-0.2, -0.15) is 0 Å². The van der Waals surface area contributed by atoms with E-state index in [4.69, 9.17) is 0 Å². The third-order valence-electron chi connectivity index (χ3n) is 3.98. The van der Waals surface area contributed by atoms with Crippen molar-refractivity contribution in [2.75, 3.05) is 7.05 Å². The van der Waals surface area contributed by atoms with Gasteiger partial charge in [-0.1, -0.05) is 31.0 Å². The molecule has 0 amide bonds. The van der Waals surface area contributed by atoms with Crippen molar-refractivity contribution < 1.29 is 9.18 Å². The minimum absolute atomic E-state index is 0.0145. The van der Waals surface area contributed by atoms with Crippen LogP contribution >= 0.6 is 0 Å². The van der Waals surface area contributed by atoms with Crippen LogP contribution in [0.1, 0.15) is 54.4 Å². The van der Waals surface area contributed by atoms with Gasteiger partial charge in [0.05, 0.1) is 0 Å². The second-order valence-corrected chi connectivity index (χ2v) is 5.76. The first-order valence-corrected chi connectivity index (χ1v) is 8.35. The van der Waals surface area contributed by atoms with Gasteiger partial charge in [-0.15, -0.1) is 0 Å². The minimum atomic E-state index is -0.359. The summed E-state index contributed by atoms with van der Waals surface area (Å²) in [5.41, 5.74) is 2.60. The summed E-state index contributed by atoms with van der Waals surface area (Å²) in [6.45, 7) is 0. The zero-order chi connectivity index (χ0) is 17.2. The van der Waals surface area contributed by atoms with E-state index < -0.39 is 0 Å². The van der Waals surface area contributed by atoms with Crippen LogP contribution in [0.4, 0.5) is 4.39 Å². The van der Waals surface area contributed by atoms with Crippen LogP contribution in [0.15, 0.2) is 53.8 Å². The molecule has 0 aliphatic heterocycles. The fourth-order valence-electron chi connectivity index (χ4n) is 2.66. The summed E-state index contributed by atoms with van der Waals surface area (Å²) in [4.78, 5) is 20.4. The van der Waals surface area contributed by atoms with Crippen molar-refractivity contribution in [2.45, 2.75) is 38.5 Å². The maximum absolute atomic E-state index is 13.1. The molecule has 0 N–H and O–H groups in total. The van der Waals surface area contributed by atoms with Crippen LogP contribution in [0.25, 0.3) is 0 Å². The highest BCUT2D eigenvalue weighted by molar-refractivity contribution is 6.00. The molecule has 0 aliphatic rings. The van der Waals surface area contributed by atoms with Crippen molar-refractivity contribution in [3.05, 3.63) is 65.7 Å². The van der Waals surface area contributed by atoms with E-state index in [0.29, 0.717) is 12.0 Å². The van der Waals surface area contributed by atoms with E-state index in [1.165, 1.54) is 12.1 Å². The van der Waals surface area contributed by atoms with Gasteiger partial charge in [0.2, 0.25) is 0 Å². The molecular formula is C20H23FN2O. The van der Waals surface area contributed by atoms with Gasteiger partial charge in [0, 0.05) is 42.7 Å². The maximum atomic E-state index is 13.1. The van der Waals surface area contributed by atoms with Crippen LogP contribution < -0.4 is 0 Å². The Hall–Kier alpha value is -2.36. The number of Topliss-reactive ketones (excluding diaryl/α,β-unsaturated/α-hetero) is 1. The Morgan fingerprint density at radius 2 is 1.79 bits per heavy atom. The summed E-state index contributed by atoms with van der Waals surface area (Å²) in [7, 11) is 1.81. The summed E-state index contributed by atoms with van der Waals surface area (Å²) < 4.78 is 13.1. The van der Waals surface area contributed by atoms with Crippen molar-refractivity contribution in [1.29, 1.82) is 0 Å². The molecule has 0 saturated carbocycles. The highest BCUT2D eigenvalue weighted by Gasteiger charge is 2.07. The number of unbranched alkanes of at least 4 members (excludes halogenated alkanes) is 3. The highest BCUT2D eigenvalue weighted by Crippen LogP contribution is 2.13. The number of hydrogen-bond acceptors (Lipinski definition) is 3. The number of carbonyl (C=O) groups is 1. The monoisotopic (exact) mass is 326 g/mol. The van der Waals surface area contributed by atoms with Crippen LogP contribution in [-0.2, 0) is 0 Å². The molecule has 4 heteroatoms. The standard InChI is InChI=1S/C20H23FN2O/c1-22-19(17-9-7-13-23-15-17)11-4-2-3-5-12-20(24)16-8-6-10-18(21)14-16/h6-10,13-15H,2-5,11-12H2,1H3. The third kappa shape index (κ3) is 5.69. The van der Waals surface area contributed by atoms with Gasteiger partial charge in [0.25, 0.3) is 0 Å². The summed E-state index contributed by atoms with van der Waals surface area (Å²) in [5.74, 6) is -0.344. The number of nitrogens with zero attached hydrogens (tertiary/aromatic N) is 2. The fraction of sp³-hybridized carbons (Fsp3) is 0.350. The summed E-state index contributed by atoms with van der Waals surface area (Å²) in [5, 5.41) is 0. The number of benzene rings is 1. The molecule has 126 valence electrons. The van der Waals surface area contributed by atoms with E-state index >= 15 is 0 Å². The molecule has 24 heavy (non-hydrogen) atoms. The minimum Gasteiger partial charge on any atom is -0.294 e. The van der Waals surface area contributed by atoms with Crippen molar-refractivity contribution in [2.24, 2.45) is 4.99 Å². The van der Waals surface area contributed by atoms with E-state index in [1.54, 1.807) is 25.4 Å². The zero-order valence-electron chi connectivity index (χ0n) is 14.0. The third-order valence-corrected chi connectivity index (χ3v) is 3.98. The lowest BCUT2D eigenvalue weighted by atomic mass is 10.0. The van der Waals surface area contributed by atoms with Crippen molar-refractivity contribution >= 4 is 11.5 Å². The van der Waals surface area contributed by atoms with Crippen molar-refractivity contribution in [3.8, 4) is 0 Å². The predicted octanol–water partition coefficient (Wildman–Crippen LogP) is 4.86. The lowest BCUT2D eigenvalue weighted by molar-refractivity contribution is 0.0978. The van der Waals surface area contributed by atoms with Crippen LogP contribution in [0.5, 0.6) is 0 Å². The maximum Gasteiger partial charge on any atom is 0.162 e. The normalized spacial score (nSPS) is 11.5. The van der Waals surface area contributed by atoms with Crippen molar-refractivity contribution in [1.82, 2.24) is 4.98 Å². The summed E-state index contributed by atoms with van der Waals surface area (Å²) in [6.07, 6.45) is 8.89. The fourth-order valence-corrected chi connectivity index (χ4v) is 2.66. The Bertz CT molecular complexity index is 683. The van der Waals surface area contributed by atoms with Gasteiger partial charge >= 0.3 is 0 Å². The molecule has 0 spiro atoms. The van der Waals surface area contributed by atoms with E-state index in [2.05, 4.69) is 9.98 Å². The molecule has 0 aliphatic carbocycles. The van der Waals surface area contributed by atoms with Crippen LogP contribution in [-0.4, -0.2) is 23.5 Å². The molecule has 0 saturated heterocycles. The number of pyridine rings is 1. The van der Waals surface area contributed by atoms with Gasteiger partial charge in [0.15, 0.2) is 5.78 Å². The molecule has 0 bridgehead atoms. The number of aliphatic imine (C=N–C) groups is 1. The largest absolute Gasteiger partial charge is 0.294 e. The summed E-state index contributed by atoms with van der Waals surface area (Å²) in [6, 6.07) is 9.84.